The monoisotopic (exact) mass is 231 g/mol. The van der Waals surface area contributed by atoms with Crippen LogP contribution in [0, 0.1) is 0 Å². The summed E-state index contributed by atoms with van der Waals surface area (Å²) in [5.41, 5.74) is 4.97. The van der Waals surface area contributed by atoms with Crippen LogP contribution in [-0.2, 0) is 22.5 Å². The number of hydrogen-bond donors (Lipinski definition) is 0. The first-order chi connectivity index (χ1) is 8.20. The van der Waals surface area contributed by atoms with Gasteiger partial charge < -0.3 is 4.74 Å². The van der Waals surface area contributed by atoms with Crippen molar-refractivity contribution in [1.82, 2.24) is 0 Å². The van der Waals surface area contributed by atoms with Crippen molar-refractivity contribution < 1.29 is 9.53 Å². The fraction of sp³-hybridized carbons (Fsp3) is 0.429. The smallest absolute Gasteiger partial charge is 0.305 e. The molecule has 1 heterocycles. The third-order valence-corrected chi connectivity index (χ3v) is 3.12. The van der Waals surface area contributed by atoms with E-state index in [1.807, 2.05) is 6.92 Å². The molecule has 0 amide bonds. The van der Waals surface area contributed by atoms with Gasteiger partial charge in [-0.2, -0.15) is 0 Å². The van der Waals surface area contributed by atoms with Gasteiger partial charge in [-0.3, -0.25) is 9.79 Å². The summed E-state index contributed by atoms with van der Waals surface area (Å²) in [6, 6.07) is 6.46. The summed E-state index contributed by atoms with van der Waals surface area (Å²) in [6.45, 7) is 2.84. The van der Waals surface area contributed by atoms with Crippen molar-refractivity contribution in [1.29, 1.82) is 0 Å². The van der Waals surface area contributed by atoms with E-state index in [-0.39, 0.29) is 5.97 Å². The predicted molar refractivity (Wildman–Crippen MR) is 67.3 cm³/mol. The van der Waals surface area contributed by atoms with E-state index in [4.69, 9.17) is 0 Å². The molecule has 17 heavy (non-hydrogen) atoms. The first-order valence-corrected chi connectivity index (χ1v) is 5.91. The third-order valence-electron chi connectivity index (χ3n) is 3.12. The van der Waals surface area contributed by atoms with Crippen LogP contribution in [0.1, 0.15) is 36.5 Å². The first-order valence-electron chi connectivity index (χ1n) is 5.91. The van der Waals surface area contributed by atoms with Crippen molar-refractivity contribution in [2.45, 2.75) is 32.7 Å². The predicted octanol–water partition coefficient (Wildman–Crippen LogP) is 2.50. The Bertz CT molecular complexity index is 463. The van der Waals surface area contributed by atoms with Crippen molar-refractivity contribution in [3.05, 3.63) is 34.9 Å². The van der Waals surface area contributed by atoms with Crippen LogP contribution in [0.5, 0.6) is 0 Å². The van der Waals surface area contributed by atoms with Gasteiger partial charge in [0.2, 0.25) is 0 Å². The van der Waals surface area contributed by atoms with Gasteiger partial charge in [-0.15, -0.1) is 0 Å². The molecule has 0 aromatic heterocycles. The van der Waals surface area contributed by atoms with Gasteiger partial charge in [-0.1, -0.05) is 18.2 Å². The maximum absolute atomic E-state index is 11.0. The normalized spacial score (nSPS) is 13.2. The van der Waals surface area contributed by atoms with Crippen LogP contribution in [0.25, 0.3) is 0 Å². The number of carbonyl (C=O) groups excluding carboxylic acids is 1. The average Bonchev–Trinajstić information content (AvgIpc) is 2.70. The molecule has 0 N–H and O–H groups in total. The molecule has 3 nitrogen and oxygen atoms in total. The molecule has 0 spiro atoms. The molecule has 2 rings (SSSR count). The maximum atomic E-state index is 11.0. The fourth-order valence-corrected chi connectivity index (χ4v) is 2.11. The maximum Gasteiger partial charge on any atom is 0.305 e. The van der Waals surface area contributed by atoms with Gasteiger partial charge in [0, 0.05) is 17.7 Å². The lowest BCUT2D eigenvalue weighted by Gasteiger charge is -2.04. The molecular formula is C14H17NO2. The molecule has 90 valence electrons. The summed E-state index contributed by atoms with van der Waals surface area (Å²) in [4.78, 5) is 15.4. The molecule has 0 saturated heterocycles. The Labute approximate surface area is 102 Å². The highest BCUT2D eigenvalue weighted by atomic mass is 16.5. The number of aryl methyl sites for hydroxylation is 1. The fourth-order valence-electron chi connectivity index (χ4n) is 2.11. The van der Waals surface area contributed by atoms with Gasteiger partial charge >= 0.3 is 5.97 Å². The zero-order chi connectivity index (χ0) is 12.3. The van der Waals surface area contributed by atoms with Crippen LogP contribution < -0.4 is 0 Å². The molecule has 0 radical (unpaired) electrons. The Morgan fingerprint density at radius 3 is 3.06 bits per heavy atom. The summed E-state index contributed by atoms with van der Waals surface area (Å²) < 4.78 is 4.62. The Balaban J connectivity index is 1.94. The second kappa shape index (κ2) is 5.13. The molecular weight excluding hydrogens is 214 g/mol. The van der Waals surface area contributed by atoms with Crippen LogP contribution in [0.2, 0.25) is 0 Å². The number of carbonyl (C=O) groups is 1. The Morgan fingerprint density at radius 2 is 2.29 bits per heavy atom. The van der Waals surface area contributed by atoms with E-state index >= 15 is 0 Å². The molecule has 1 aliphatic heterocycles. The van der Waals surface area contributed by atoms with E-state index in [2.05, 4.69) is 27.9 Å². The zero-order valence-corrected chi connectivity index (χ0v) is 10.3. The van der Waals surface area contributed by atoms with Crippen LogP contribution in [0.4, 0.5) is 0 Å². The molecule has 1 aromatic carbocycles. The van der Waals surface area contributed by atoms with Crippen molar-refractivity contribution >= 4 is 11.7 Å². The number of aliphatic imine (C=N–C) groups is 1. The molecule has 1 aromatic rings. The second-order valence-corrected chi connectivity index (χ2v) is 4.32. The highest BCUT2D eigenvalue weighted by Gasteiger charge is 2.12. The highest BCUT2D eigenvalue weighted by Crippen LogP contribution is 2.21. The van der Waals surface area contributed by atoms with E-state index < -0.39 is 0 Å². The van der Waals surface area contributed by atoms with Crippen molar-refractivity contribution in [3.8, 4) is 0 Å². The number of rotatable bonds is 4. The van der Waals surface area contributed by atoms with Crippen LogP contribution in [-0.4, -0.2) is 18.8 Å². The quantitative estimate of drug-likeness (QED) is 0.747. The molecule has 3 heteroatoms. The third kappa shape index (κ3) is 2.73. The van der Waals surface area contributed by atoms with E-state index in [0.717, 1.165) is 25.1 Å². The van der Waals surface area contributed by atoms with Crippen molar-refractivity contribution in [3.63, 3.8) is 0 Å². The summed E-state index contributed by atoms with van der Waals surface area (Å²) in [6.07, 6.45) is 2.25. The van der Waals surface area contributed by atoms with E-state index in [0.29, 0.717) is 6.42 Å². The summed E-state index contributed by atoms with van der Waals surface area (Å²) in [7, 11) is 1.43. The van der Waals surface area contributed by atoms with Gasteiger partial charge in [-0.05, 0) is 30.9 Å². The number of methoxy groups -OCH3 is 1. The molecule has 0 aliphatic carbocycles. The minimum atomic E-state index is -0.134. The number of fused-ring (bicyclic) bond motifs is 1. The van der Waals surface area contributed by atoms with Crippen molar-refractivity contribution in [2.24, 2.45) is 4.99 Å². The van der Waals surface area contributed by atoms with E-state index in [9.17, 15) is 4.79 Å². The minimum absolute atomic E-state index is 0.134. The second-order valence-electron chi connectivity index (χ2n) is 4.32. The molecule has 1 aliphatic rings. The number of nitrogens with zero attached hydrogens (tertiary/aromatic N) is 1. The largest absolute Gasteiger partial charge is 0.469 e. The van der Waals surface area contributed by atoms with Gasteiger partial charge in [0.15, 0.2) is 0 Å². The Hall–Kier alpha value is -1.64. The lowest BCUT2D eigenvalue weighted by atomic mass is 10.0. The first kappa shape index (κ1) is 11.8. The summed E-state index contributed by atoms with van der Waals surface area (Å²) in [5, 5.41) is 0. The molecule has 0 atom stereocenters. The average molecular weight is 231 g/mol. The lowest BCUT2D eigenvalue weighted by molar-refractivity contribution is -0.140. The zero-order valence-electron chi connectivity index (χ0n) is 10.3. The minimum Gasteiger partial charge on any atom is -0.469 e. The molecule has 0 bridgehead atoms. The standard InChI is InChI=1S/C14H17NO2/c1-10-13-7-6-11(8-12(13)9-15-10)4-3-5-14(16)17-2/h6-8H,3-5,9H2,1-2H3. The topological polar surface area (TPSA) is 38.7 Å². The van der Waals surface area contributed by atoms with Gasteiger partial charge in [0.05, 0.1) is 13.7 Å². The number of ether oxygens (including phenoxy) is 1. The van der Waals surface area contributed by atoms with E-state index in [1.54, 1.807) is 0 Å². The number of esters is 1. The summed E-state index contributed by atoms with van der Waals surface area (Å²) in [5.74, 6) is -0.134. The lowest BCUT2D eigenvalue weighted by Crippen LogP contribution is -2.01. The van der Waals surface area contributed by atoms with E-state index in [1.165, 1.54) is 23.8 Å². The SMILES string of the molecule is COC(=O)CCCc1ccc2c(c1)CN=C2C. The van der Waals surface area contributed by atoms with Gasteiger partial charge in [0.25, 0.3) is 0 Å². The van der Waals surface area contributed by atoms with Crippen LogP contribution in [0.3, 0.4) is 0 Å². The number of hydrogen-bond acceptors (Lipinski definition) is 3. The van der Waals surface area contributed by atoms with Crippen LogP contribution >= 0.6 is 0 Å². The summed E-state index contributed by atoms with van der Waals surface area (Å²) >= 11 is 0. The molecule has 0 fully saturated rings. The molecule has 0 unspecified atom stereocenters. The Kier molecular flexibility index (Phi) is 3.57. The van der Waals surface area contributed by atoms with Crippen molar-refractivity contribution in [2.75, 3.05) is 7.11 Å². The van der Waals surface area contributed by atoms with Crippen LogP contribution in [0.15, 0.2) is 23.2 Å². The Morgan fingerprint density at radius 1 is 1.47 bits per heavy atom. The van der Waals surface area contributed by atoms with Gasteiger partial charge in [0.1, 0.15) is 0 Å². The number of benzene rings is 1. The molecule has 0 saturated carbocycles. The highest BCUT2D eigenvalue weighted by molar-refractivity contribution is 6.01. The van der Waals surface area contributed by atoms with Gasteiger partial charge in [-0.25, -0.2) is 0 Å².